The van der Waals surface area contributed by atoms with Crippen LogP contribution in [0.5, 0.6) is 5.75 Å². The topological polar surface area (TPSA) is 67.4 Å². The molecule has 0 fully saturated rings. The van der Waals surface area contributed by atoms with Gasteiger partial charge in [0, 0.05) is 23.3 Å². The van der Waals surface area contributed by atoms with Crippen molar-refractivity contribution in [3.05, 3.63) is 48.5 Å². The van der Waals surface area contributed by atoms with E-state index in [1.54, 1.807) is 19.2 Å². The Hall–Kier alpha value is -2.47. The third-order valence-corrected chi connectivity index (χ3v) is 4.50. The summed E-state index contributed by atoms with van der Waals surface area (Å²) in [5.41, 5.74) is 1.71. The molecule has 2 N–H and O–H groups in total. The number of aldehydes is 1. The lowest BCUT2D eigenvalue weighted by Crippen LogP contribution is -2.12. The number of carbonyl (C=O) groups is 1. The number of hydrogen-bond donors (Lipinski definition) is 2. The van der Waals surface area contributed by atoms with Crippen molar-refractivity contribution >= 4 is 33.2 Å². The number of rotatable bonds is 5. The quantitative estimate of drug-likeness (QED) is 0.651. The van der Waals surface area contributed by atoms with Crippen molar-refractivity contribution < 1.29 is 13.7 Å². The highest BCUT2D eigenvalue weighted by atomic mass is 32.2. The molecule has 0 bridgehead atoms. The molecule has 0 spiro atoms. The van der Waals surface area contributed by atoms with Crippen molar-refractivity contribution in [2.24, 2.45) is 0 Å². The van der Waals surface area contributed by atoms with Crippen LogP contribution in [-0.4, -0.2) is 30.5 Å². The van der Waals surface area contributed by atoms with Crippen LogP contribution < -0.4 is 14.8 Å². The third kappa shape index (κ3) is 5.67. The average Bonchev–Trinajstić information content (AvgIpc) is 2.56. The number of carbonyl (C=O) groups excluding carboxylic acids is 1. The Balaban J connectivity index is 0.000000816. The summed E-state index contributed by atoms with van der Waals surface area (Å²) in [6.07, 6.45) is 0.750. The van der Waals surface area contributed by atoms with Crippen LogP contribution in [0.25, 0.3) is 0 Å². The molecule has 0 saturated heterocycles. The summed E-state index contributed by atoms with van der Waals surface area (Å²) in [5, 5.41) is 3.02. The van der Waals surface area contributed by atoms with E-state index in [1.807, 2.05) is 43.4 Å². The molecule has 0 aliphatic rings. The fourth-order valence-electron chi connectivity index (χ4n) is 1.75. The van der Waals surface area contributed by atoms with Gasteiger partial charge < -0.3 is 19.6 Å². The normalized spacial score (nSPS) is 12.1. The minimum atomic E-state index is -2.58. The molecule has 1 unspecified atom stereocenters. The van der Waals surface area contributed by atoms with Crippen LogP contribution in [0, 0.1) is 0 Å². The minimum Gasteiger partial charge on any atom is -0.497 e. The van der Waals surface area contributed by atoms with Crippen molar-refractivity contribution in [3.63, 3.8) is 0 Å². The van der Waals surface area contributed by atoms with Crippen LogP contribution in [0.4, 0.5) is 11.4 Å². The maximum atomic E-state index is 12.6. The van der Waals surface area contributed by atoms with Crippen molar-refractivity contribution in [2.75, 3.05) is 24.2 Å². The van der Waals surface area contributed by atoms with Gasteiger partial charge in [0.1, 0.15) is 12.0 Å². The summed E-state index contributed by atoms with van der Waals surface area (Å²) < 4.78 is 20.7. The SMILES string of the molecule is C=S(=O)(Nc1ccc(OC)cc1)c1ccc(NC)cc1.CC=O. The van der Waals surface area contributed by atoms with Crippen LogP contribution in [0.3, 0.4) is 0 Å². The molecule has 23 heavy (non-hydrogen) atoms. The van der Waals surface area contributed by atoms with E-state index in [1.165, 1.54) is 6.92 Å². The van der Waals surface area contributed by atoms with Crippen LogP contribution >= 0.6 is 0 Å². The summed E-state index contributed by atoms with van der Waals surface area (Å²) in [6, 6.07) is 14.6. The van der Waals surface area contributed by atoms with E-state index in [0.717, 1.165) is 23.4 Å². The van der Waals surface area contributed by atoms with Crippen LogP contribution in [0.2, 0.25) is 0 Å². The fraction of sp³-hybridized carbons (Fsp3) is 0.176. The van der Waals surface area contributed by atoms with Crippen molar-refractivity contribution in [3.8, 4) is 5.75 Å². The van der Waals surface area contributed by atoms with E-state index < -0.39 is 9.71 Å². The van der Waals surface area contributed by atoms with Crippen LogP contribution in [-0.2, 0) is 14.5 Å². The largest absolute Gasteiger partial charge is 0.497 e. The van der Waals surface area contributed by atoms with Gasteiger partial charge in [-0.25, -0.2) is 4.21 Å². The van der Waals surface area contributed by atoms with E-state index in [0.29, 0.717) is 4.90 Å². The molecule has 1 atom stereocenters. The molecule has 0 saturated carbocycles. The van der Waals surface area contributed by atoms with Gasteiger partial charge in [0.2, 0.25) is 0 Å². The van der Waals surface area contributed by atoms with Gasteiger partial charge in [0.25, 0.3) is 0 Å². The van der Waals surface area contributed by atoms with Gasteiger partial charge in [-0.1, -0.05) is 0 Å². The number of methoxy groups -OCH3 is 1. The highest BCUT2D eigenvalue weighted by molar-refractivity contribution is 8.01. The van der Waals surface area contributed by atoms with Gasteiger partial charge in [-0.2, -0.15) is 0 Å². The molecule has 2 aromatic carbocycles. The zero-order chi connectivity index (χ0) is 17.3. The summed E-state index contributed by atoms with van der Waals surface area (Å²) in [7, 11) is 0.870. The number of benzene rings is 2. The summed E-state index contributed by atoms with van der Waals surface area (Å²) in [6.45, 7) is 1.44. The molecule has 0 aromatic heterocycles. The Labute approximate surface area is 137 Å². The molecule has 5 nitrogen and oxygen atoms in total. The maximum absolute atomic E-state index is 12.6. The van der Waals surface area contributed by atoms with Gasteiger partial charge in [0.15, 0.2) is 0 Å². The first-order valence-corrected chi connectivity index (χ1v) is 8.66. The van der Waals surface area contributed by atoms with E-state index >= 15 is 0 Å². The first kappa shape index (κ1) is 18.6. The second-order valence-electron chi connectivity index (χ2n) is 4.52. The van der Waals surface area contributed by atoms with Crippen molar-refractivity contribution in [2.45, 2.75) is 11.8 Å². The molecule has 0 radical (unpaired) electrons. The second-order valence-corrected chi connectivity index (χ2v) is 6.54. The Kier molecular flexibility index (Phi) is 7.15. The predicted molar refractivity (Wildman–Crippen MR) is 97.9 cm³/mol. The van der Waals surface area contributed by atoms with Crippen molar-refractivity contribution in [1.82, 2.24) is 0 Å². The molecule has 6 heteroatoms. The molecule has 0 aliphatic carbocycles. The number of ether oxygens (including phenoxy) is 1. The fourth-order valence-corrected chi connectivity index (χ4v) is 2.96. The van der Waals surface area contributed by atoms with Gasteiger partial charge in [-0.15, -0.1) is 0 Å². The van der Waals surface area contributed by atoms with E-state index in [4.69, 9.17) is 9.53 Å². The number of nitrogens with one attached hydrogen (secondary N) is 2. The molecular weight excluding hydrogens is 312 g/mol. The Morgan fingerprint density at radius 3 is 1.96 bits per heavy atom. The monoisotopic (exact) mass is 334 g/mol. The lowest BCUT2D eigenvalue weighted by atomic mass is 10.3. The highest BCUT2D eigenvalue weighted by Gasteiger charge is 2.07. The maximum Gasteiger partial charge on any atom is 0.119 e. The molecule has 2 aromatic rings. The lowest BCUT2D eigenvalue weighted by Gasteiger charge is -2.13. The summed E-state index contributed by atoms with van der Waals surface area (Å²) in [5.74, 6) is 4.55. The standard InChI is InChI=1S/C15H18N2O2S.C2H4O/c1-16-12-6-10-15(11-7-12)20(3,18)17-13-4-8-14(19-2)9-5-13;1-2-3/h4-11,16H,3H2,1-2H3,(H,17,18);2H,1H3. The molecule has 124 valence electrons. The van der Waals surface area contributed by atoms with E-state index in [9.17, 15) is 4.21 Å². The minimum absolute atomic E-state index is 0.660. The molecule has 2 rings (SSSR count). The molecule has 0 amide bonds. The Morgan fingerprint density at radius 1 is 1.04 bits per heavy atom. The van der Waals surface area contributed by atoms with Crippen LogP contribution in [0.15, 0.2) is 53.4 Å². The summed E-state index contributed by atoms with van der Waals surface area (Å²) >= 11 is 0. The van der Waals surface area contributed by atoms with Crippen molar-refractivity contribution in [1.29, 1.82) is 0 Å². The number of hydrogen-bond acceptors (Lipinski definition) is 4. The third-order valence-electron chi connectivity index (χ3n) is 2.90. The first-order valence-electron chi connectivity index (χ1n) is 6.93. The van der Waals surface area contributed by atoms with Gasteiger partial charge in [-0.05, 0) is 61.3 Å². The van der Waals surface area contributed by atoms with Gasteiger partial charge in [-0.3, -0.25) is 0 Å². The van der Waals surface area contributed by atoms with Crippen LogP contribution in [0.1, 0.15) is 6.92 Å². The van der Waals surface area contributed by atoms with Gasteiger partial charge >= 0.3 is 0 Å². The first-order chi connectivity index (χ1) is 11.0. The summed E-state index contributed by atoms with van der Waals surface area (Å²) in [4.78, 5) is 9.47. The molecule has 0 aliphatic heterocycles. The lowest BCUT2D eigenvalue weighted by molar-refractivity contribution is -0.106. The zero-order valence-corrected chi connectivity index (χ0v) is 14.4. The smallest absolute Gasteiger partial charge is 0.119 e. The number of anilines is 2. The Morgan fingerprint density at radius 2 is 1.52 bits per heavy atom. The molecule has 0 heterocycles. The van der Waals surface area contributed by atoms with E-state index in [-0.39, 0.29) is 0 Å². The zero-order valence-electron chi connectivity index (χ0n) is 13.5. The second kappa shape index (κ2) is 8.85. The highest BCUT2D eigenvalue weighted by Crippen LogP contribution is 2.20. The van der Waals surface area contributed by atoms with E-state index in [2.05, 4.69) is 15.9 Å². The Bertz CT molecular complexity index is 709. The van der Waals surface area contributed by atoms with Gasteiger partial charge in [0.05, 0.1) is 16.8 Å². The predicted octanol–water partition coefficient (Wildman–Crippen LogP) is 3.04. The average molecular weight is 334 g/mol. The molecular formula is C17H22N2O3S.